The molecule has 0 unspecified atom stereocenters. The predicted octanol–water partition coefficient (Wildman–Crippen LogP) is 6.26. The molecule has 1 aliphatic heterocycles. The summed E-state index contributed by atoms with van der Waals surface area (Å²) >= 11 is 0. The lowest BCUT2D eigenvalue weighted by molar-refractivity contribution is -0.144. The number of anilines is 1. The van der Waals surface area contributed by atoms with Crippen molar-refractivity contribution in [3.8, 4) is 0 Å². The molecule has 154 valence electrons. The molecule has 1 heterocycles. The Hall–Kier alpha value is -2.10. The molecule has 0 N–H and O–H groups in total. The molecule has 1 aliphatic rings. The van der Waals surface area contributed by atoms with Crippen LogP contribution >= 0.6 is 0 Å². The molecular weight excluding hydrogens is 348 g/mol. The molecule has 0 saturated carbocycles. The number of benzene rings is 1. The lowest BCUT2D eigenvalue weighted by Crippen LogP contribution is -2.25. The van der Waals surface area contributed by atoms with Gasteiger partial charge in [0.25, 0.3) is 0 Å². The van der Waals surface area contributed by atoms with Crippen LogP contribution in [0.15, 0.2) is 41.3 Å². The second-order valence-corrected chi connectivity index (χ2v) is 7.61. The Morgan fingerprint density at radius 1 is 1.11 bits per heavy atom. The van der Waals surface area contributed by atoms with Gasteiger partial charge in [0.1, 0.15) is 0 Å². The minimum Gasteiger partial charge on any atom is -0.406 e. The zero-order valence-corrected chi connectivity index (χ0v) is 17.8. The molecule has 0 aromatic heterocycles. The summed E-state index contributed by atoms with van der Waals surface area (Å²) in [5.74, 6) is 0.202. The third kappa shape index (κ3) is 7.14. The van der Waals surface area contributed by atoms with Gasteiger partial charge in [-0.25, -0.2) is 4.99 Å². The molecule has 2 rings (SSSR count). The highest BCUT2D eigenvalue weighted by molar-refractivity contribution is 5.75. The van der Waals surface area contributed by atoms with Gasteiger partial charge in [-0.1, -0.05) is 65.0 Å². The van der Waals surface area contributed by atoms with Gasteiger partial charge in [0, 0.05) is 11.9 Å². The fourth-order valence-electron chi connectivity index (χ4n) is 3.58. The zero-order chi connectivity index (χ0) is 20.2. The second kappa shape index (κ2) is 12.4. The van der Waals surface area contributed by atoms with E-state index in [1.807, 2.05) is 12.4 Å². The number of hydrogen-bond acceptors (Lipinski definition) is 4. The number of hydrogen-bond donors (Lipinski definition) is 0. The molecule has 4 nitrogen and oxygen atoms in total. The van der Waals surface area contributed by atoms with Crippen LogP contribution in [0, 0.1) is 5.92 Å². The molecule has 1 aromatic rings. The molecule has 28 heavy (non-hydrogen) atoms. The van der Waals surface area contributed by atoms with Gasteiger partial charge < -0.3 is 9.64 Å². The summed E-state index contributed by atoms with van der Waals surface area (Å²) in [6.07, 6.45) is 13.6. The molecule has 0 bridgehead atoms. The highest BCUT2D eigenvalue weighted by atomic mass is 16.5. The molecule has 0 atom stereocenters. The van der Waals surface area contributed by atoms with E-state index < -0.39 is 0 Å². The van der Waals surface area contributed by atoms with E-state index in [1.54, 1.807) is 0 Å². The van der Waals surface area contributed by atoms with Gasteiger partial charge in [-0.05, 0) is 43.4 Å². The average molecular weight is 385 g/mol. The van der Waals surface area contributed by atoms with Gasteiger partial charge in [-0.2, -0.15) is 0 Å². The third-order valence-electron chi connectivity index (χ3n) is 5.14. The Bertz CT molecular complexity index is 660. The van der Waals surface area contributed by atoms with Crippen molar-refractivity contribution >= 4 is 17.9 Å². The number of nitrogens with zero attached hydrogens (tertiary/aromatic N) is 2. The van der Waals surface area contributed by atoms with E-state index >= 15 is 0 Å². The van der Waals surface area contributed by atoms with Crippen molar-refractivity contribution in [2.45, 2.75) is 78.6 Å². The summed E-state index contributed by atoms with van der Waals surface area (Å²) in [5.41, 5.74) is 2.47. The lowest BCUT2D eigenvalue weighted by atomic mass is 9.99. The minimum absolute atomic E-state index is 0.0343. The van der Waals surface area contributed by atoms with Crippen molar-refractivity contribution in [2.24, 2.45) is 10.9 Å². The molecule has 1 aromatic carbocycles. The highest BCUT2D eigenvalue weighted by Crippen LogP contribution is 2.23. The predicted molar refractivity (Wildman–Crippen MR) is 118 cm³/mol. The van der Waals surface area contributed by atoms with Crippen LogP contribution in [0.4, 0.5) is 5.69 Å². The van der Waals surface area contributed by atoms with Gasteiger partial charge in [-0.15, -0.1) is 0 Å². The van der Waals surface area contributed by atoms with Gasteiger partial charge in [-0.3, -0.25) is 4.79 Å². The number of aryl methyl sites for hydroxylation is 1. The number of aliphatic imine (C=N–C) groups is 1. The Kier molecular flexibility index (Phi) is 9.81. The van der Waals surface area contributed by atoms with Crippen molar-refractivity contribution in [2.75, 3.05) is 11.4 Å². The molecular formula is C24H36N2O2. The fourth-order valence-corrected chi connectivity index (χ4v) is 3.58. The molecule has 0 spiro atoms. The lowest BCUT2D eigenvalue weighted by Gasteiger charge is -2.23. The van der Waals surface area contributed by atoms with Crippen LogP contribution in [0.1, 0.15) is 77.7 Å². The summed E-state index contributed by atoms with van der Waals surface area (Å²) in [4.78, 5) is 18.9. The maximum atomic E-state index is 12.5. The smallest absolute Gasteiger partial charge is 0.315 e. The van der Waals surface area contributed by atoms with Crippen LogP contribution in [0.3, 0.4) is 0 Å². The first-order valence-corrected chi connectivity index (χ1v) is 11.0. The summed E-state index contributed by atoms with van der Waals surface area (Å²) in [6, 6.07) is 8.63. The SMILES string of the molecule is CCCCCCc1cccc(N2C=C(OC(=O)C(CCC)CCC)N=CC2)c1. The molecule has 0 radical (unpaired) electrons. The van der Waals surface area contributed by atoms with Crippen LogP contribution in [0.25, 0.3) is 0 Å². The first-order valence-electron chi connectivity index (χ1n) is 11.0. The largest absolute Gasteiger partial charge is 0.406 e. The normalized spacial score (nSPS) is 13.7. The van der Waals surface area contributed by atoms with E-state index in [9.17, 15) is 4.79 Å². The van der Waals surface area contributed by atoms with Crippen molar-refractivity contribution in [3.05, 3.63) is 41.9 Å². The van der Waals surface area contributed by atoms with E-state index in [2.05, 4.69) is 54.9 Å². The van der Waals surface area contributed by atoms with Crippen LogP contribution in [-0.4, -0.2) is 18.7 Å². The maximum absolute atomic E-state index is 12.5. The molecule has 0 aliphatic carbocycles. The topological polar surface area (TPSA) is 41.9 Å². The van der Waals surface area contributed by atoms with E-state index in [0.29, 0.717) is 12.4 Å². The quantitative estimate of drug-likeness (QED) is 0.315. The minimum atomic E-state index is -0.154. The van der Waals surface area contributed by atoms with Crippen molar-refractivity contribution in [1.82, 2.24) is 0 Å². The van der Waals surface area contributed by atoms with Crippen molar-refractivity contribution in [3.63, 3.8) is 0 Å². The first-order chi connectivity index (χ1) is 13.7. The van der Waals surface area contributed by atoms with E-state index in [4.69, 9.17) is 4.74 Å². The number of carbonyl (C=O) groups excluding carboxylic acids is 1. The average Bonchev–Trinajstić information content (AvgIpc) is 2.71. The molecule has 0 amide bonds. The Morgan fingerprint density at radius 3 is 2.61 bits per heavy atom. The van der Waals surface area contributed by atoms with E-state index in [-0.39, 0.29) is 11.9 Å². The zero-order valence-electron chi connectivity index (χ0n) is 17.8. The Morgan fingerprint density at radius 2 is 1.89 bits per heavy atom. The van der Waals surface area contributed by atoms with Crippen molar-refractivity contribution < 1.29 is 9.53 Å². The number of rotatable bonds is 12. The molecule has 0 saturated heterocycles. The van der Waals surface area contributed by atoms with Crippen LogP contribution in [-0.2, 0) is 16.0 Å². The van der Waals surface area contributed by atoms with Crippen LogP contribution < -0.4 is 4.90 Å². The molecule has 0 fully saturated rings. The number of ether oxygens (including phenoxy) is 1. The third-order valence-corrected chi connectivity index (χ3v) is 5.14. The van der Waals surface area contributed by atoms with Gasteiger partial charge in [0.05, 0.1) is 18.7 Å². The first kappa shape index (κ1) is 22.2. The van der Waals surface area contributed by atoms with Gasteiger partial charge in [0.2, 0.25) is 5.88 Å². The number of unbranched alkanes of at least 4 members (excludes halogenated alkanes) is 3. The van der Waals surface area contributed by atoms with E-state index in [0.717, 1.165) is 37.8 Å². The highest BCUT2D eigenvalue weighted by Gasteiger charge is 2.21. The fraction of sp³-hybridized carbons (Fsp3) is 0.583. The molecule has 4 heteroatoms. The van der Waals surface area contributed by atoms with Gasteiger partial charge >= 0.3 is 5.97 Å². The second-order valence-electron chi connectivity index (χ2n) is 7.61. The number of esters is 1. The summed E-state index contributed by atoms with van der Waals surface area (Å²) < 4.78 is 5.61. The maximum Gasteiger partial charge on any atom is 0.315 e. The summed E-state index contributed by atoms with van der Waals surface area (Å²) in [5, 5.41) is 0. The standard InChI is InChI=1S/C24H36N2O2/c1-4-7-8-9-13-20-14-10-15-22(18-20)26-17-16-25-23(19-26)28-24(27)21(11-5-2)12-6-3/h10,14-16,18-19,21H,4-9,11-13,17H2,1-3H3. The summed E-state index contributed by atoms with van der Waals surface area (Å²) in [6.45, 7) is 7.13. The summed E-state index contributed by atoms with van der Waals surface area (Å²) in [7, 11) is 0. The van der Waals surface area contributed by atoms with Crippen molar-refractivity contribution in [1.29, 1.82) is 0 Å². The van der Waals surface area contributed by atoms with Crippen LogP contribution in [0.2, 0.25) is 0 Å². The Balaban J connectivity index is 2.00. The monoisotopic (exact) mass is 384 g/mol. The Labute approximate surface area is 170 Å². The van der Waals surface area contributed by atoms with Crippen LogP contribution in [0.5, 0.6) is 0 Å². The van der Waals surface area contributed by atoms with Gasteiger partial charge in [0.15, 0.2) is 0 Å². The van der Waals surface area contributed by atoms with E-state index in [1.165, 1.54) is 31.2 Å². The number of carbonyl (C=O) groups is 1.